The molecule has 1 heterocycles. The largest absolute Gasteiger partial charge is 0.378 e. The highest BCUT2D eigenvalue weighted by Crippen LogP contribution is 2.25. The van der Waals surface area contributed by atoms with Crippen LogP contribution in [-0.2, 0) is 4.74 Å². The van der Waals surface area contributed by atoms with Crippen molar-refractivity contribution in [2.24, 2.45) is 5.73 Å². The van der Waals surface area contributed by atoms with E-state index in [0.717, 1.165) is 24.8 Å². The standard InChI is InChI=1S/C21H24ClFN2O2/c22-17-5-2-15(3-6-17)16-4-7-19(20(23)14-16)21(26)25-11-8-18(9-12-25)27-13-1-10-24/h2-7,14,18H,1,8-13,24H2. The molecule has 1 amide bonds. The third-order valence-electron chi connectivity index (χ3n) is 4.81. The molecule has 0 radical (unpaired) electrons. The van der Waals surface area contributed by atoms with E-state index in [1.54, 1.807) is 29.2 Å². The number of ether oxygens (including phenoxy) is 1. The second-order valence-electron chi connectivity index (χ2n) is 6.71. The molecule has 0 bridgehead atoms. The molecule has 1 aliphatic heterocycles. The summed E-state index contributed by atoms with van der Waals surface area (Å²) in [7, 11) is 0. The lowest BCUT2D eigenvalue weighted by atomic mass is 10.0. The molecule has 1 saturated heterocycles. The number of halogens is 2. The predicted molar refractivity (Wildman–Crippen MR) is 105 cm³/mol. The zero-order valence-corrected chi connectivity index (χ0v) is 15.9. The van der Waals surface area contributed by atoms with Crippen LogP contribution in [0.25, 0.3) is 11.1 Å². The number of carbonyl (C=O) groups is 1. The van der Waals surface area contributed by atoms with Crippen LogP contribution in [0, 0.1) is 5.82 Å². The number of benzene rings is 2. The van der Waals surface area contributed by atoms with Crippen LogP contribution in [0.1, 0.15) is 29.6 Å². The van der Waals surface area contributed by atoms with Crippen molar-refractivity contribution in [3.05, 3.63) is 58.9 Å². The Morgan fingerprint density at radius 2 is 1.81 bits per heavy atom. The maximum absolute atomic E-state index is 14.6. The van der Waals surface area contributed by atoms with Crippen molar-refractivity contribution in [2.45, 2.75) is 25.4 Å². The van der Waals surface area contributed by atoms with Gasteiger partial charge in [-0.2, -0.15) is 0 Å². The fraction of sp³-hybridized carbons (Fsp3) is 0.381. The van der Waals surface area contributed by atoms with Crippen LogP contribution in [0.3, 0.4) is 0 Å². The second kappa shape index (κ2) is 9.31. The molecular formula is C21H24ClFN2O2. The summed E-state index contributed by atoms with van der Waals surface area (Å²) in [6.45, 7) is 2.41. The number of nitrogens with two attached hydrogens (primary N) is 1. The van der Waals surface area contributed by atoms with Gasteiger partial charge >= 0.3 is 0 Å². The summed E-state index contributed by atoms with van der Waals surface area (Å²) < 4.78 is 20.3. The van der Waals surface area contributed by atoms with Crippen LogP contribution in [0.2, 0.25) is 5.02 Å². The normalized spacial score (nSPS) is 15.1. The molecular weight excluding hydrogens is 367 g/mol. The van der Waals surface area contributed by atoms with Gasteiger partial charge in [-0.3, -0.25) is 4.79 Å². The quantitative estimate of drug-likeness (QED) is 0.755. The number of hydrogen-bond donors (Lipinski definition) is 1. The maximum Gasteiger partial charge on any atom is 0.256 e. The Morgan fingerprint density at radius 1 is 1.15 bits per heavy atom. The topological polar surface area (TPSA) is 55.6 Å². The fourth-order valence-corrected chi connectivity index (χ4v) is 3.37. The minimum absolute atomic E-state index is 0.107. The van der Waals surface area contributed by atoms with Crippen molar-refractivity contribution in [1.29, 1.82) is 0 Å². The van der Waals surface area contributed by atoms with E-state index in [9.17, 15) is 9.18 Å². The van der Waals surface area contributed by atoms with Gasteiger partial charge in [0.2, 0.25) is 0 Å². The van der Waals surface area contributed by atoms with Gasteiger partial charge in [0.05, 0.1) is 11.7 Å². The Labute approximate surface area is 164 Å². The minimum Gasteiger partial charge on any atom is -0.378 e. The summed E-state index contributed by atoms with van der Waals surface area (Å²) in [6, 6.07) is 11.9. The lowest BCUT2D eigenvalue weighted by Crippen LogP contribution is -2.41. The highest BCUT2D eigenvalue weighted by Gasteiger charge is 2.25. The Balaban J connectivity index is 1.63. The van der Waals surface area contributed by atoms with Crippen molar-refractivity contribution < 1.29 is 13.9 Å². The van der Waals surface area contributed by atoms with Crippen molar-refractivity contribution >= 4 is 17.5 Å². The fourth-order valence-electron chi connectivity index (χ4n) is 3.24. The lowest BCUT2D eigenvalue weighted by Gasteiger charge is -2.32. The Morgan fingerprint density at radius 3 is 2.44 bits per heavy atom. The average Bonchev–Trinajstić information content (AvgIpc) is 2.69. The SMILES string of the molecule is NCCCOC1CCN(C(=O)c2ccc(-c3ccc(Cl)cc3)cc2F)CC1. The van der Waals surface area contributed by atoms with Gasteiger partial charge in [-0.15, -0.1) is 0 Å². The highest BCUT2D eigenvalue weighted by atomic mass is 35.5. The Hall–Kier alpha value is -1.95. The molecule has 6 heteroatoms. The maximum atomic E-state index is 14.6. The van der Waals surface area contributed by atoms with Crippen LogP contribution in [0.15, 0.2) is 42.5 Å². The Kier molecular flexibility index (Phi) is 6.83. The van der Waals surface area contributed by atoms with Gasteiger partial charge < -0.3 is 15.4 Å². The lowest BCUT2D eigenvalue weighted by molar-refractivity contribution is 0.00834. The first kappa shape index (κ1) is 19.8. The molecule has 0 atom stereocenters. The Bertz CT molecular complexity index is 774. The monoisotopic (exact) mass is 390 g/mol. The number of piperidine rings is 1. The molecule has 2 aromatic carbocycles. The first-order chi connectivity index (χ1) is 13.1. The van der Waals surface area contributed by atoms with Gasteiger partial charge in [0.25, 0.3) is 5.91 Å². The smallest absolute Gasteiger partial charge is 0.256 e. The molecule has 0 unspecified atom stereocenters. The van der Waals surface area contributed by atoms with Crippen molar-refractivity contribution in [2.75, 3.05) is 26.2 Å². The van der Waals surface area contributed by atoms with E-state index in [2.05, 4.69) is 0 Å². The van der Waals surface area contributed by atoms with Crippen molar-refractivity contribution in [3.63, 3.8) is 0 Å². The van der Waals surface area contributed by atoms with Gasteiger partial charge in [-0.25, -0.2) is 4.39 Å². The van der Waals surface area contributed by atoms with E-state index in [4.69, 9.17) is 22.1 Å². The van der Waals surface area contributed by atoms with Crippen LogP contribution in [0.5, 0.6) is 0 Å². The third-order valence-corrected chi connectivity index (χ3v) is 5.06. The summed E-state index contributed by atoms with van der Waals surface area (Å²) >= 11 is 5.89. The van der Waals surface area contributed by atoms with E-state index in [-0.39, 0.29) is 17.6 Å². The molecule has 2 aromatic rings. The predicted octanol–water partition coefficient (Wildman–Crippen LogP) is 4.12. The zero-order valence-electron chi connectivity index (χ0n) is 15.2. The summed E-state index contributed by atoms with van der Waals surface area (Å²) in [6.07, 6.45) is 2.52. The van der Waals surface area contributed by atoms with E-state index < -0.39 is 5.82 Å². The molecule has 2 N–H and O–H groups in total. The number of nitrogens with zero attached hydrogens (tertiary/aromatic N) is 1. The molecule has 144 valence electrons. The highest BCUT2D eigenvalue weighted by molar-refractivity contribution is 6.30. The van der Waals surface area contributed by atoms with Crippen LogP contribution < -0.4 is 5.73 Å². The van der Waals surface area contributed by atoms with E-state index >= 15 is 0 Å². The molecule has 0 saturated carbocycles. The van der Waals surface area contributed by atoms with Crippen molar-refractivity contribution in [1.82, 2.24) is 4.90 Å². The van der Waals surface area contributed by atoms with E-state index in [0.29, 0.717) is 36.8 Å². The molecule has 0 aliphatic carbocycles. The molecule has 4 nitrogen and oxygen atoms in total. The number of likely N-dealkylation sites (tertiary alicyclic amines) is 1. The van der Waals surface area contributed by atoms with Crippen LogP contribution in [-0.4, -0.2) is 43.2 Å². The van der Waals surface area contributed by atoms with E-state index in [1.165, 1.54) is 6.07 Å². The summed E-state index contributed by atoms with van der Waals surface area (Å²) in [5.41, 5.74) is 7.14. The van der Waals surface area contributed by atoms with Gasteiger partial charge in [0, 0.05) is 24.7 Å². The van der Waals surface area contributed by atoms with Gasteiger partial charge in [0.1, 0.15) is 5.82 Å². The van der Waals surface area contributed by atoms with Gasteiger partial charge in [-0.1, -0.05) is 29.8 Å². The minimum atomic E-state index is -0.506. The summed E-state index contributed by atoms with van der Waals surface area (Å²) in [5, 5.41) is 0.626. The number of hydrogen-bond acceptors (Lipinski definition) is 3. The van der Waals surface area contributed by atoms with Crippen LogP contribution >= 0.6 is 11.6 Å². The summed E-state index contributed by atoms with van der Waals surface area (Å²) in [4.78, 5) is 14.4. The molecule has 27 heavy (non-hydrogen) atoms. The molecule has 0 aromatic heterocycles. The van der Waals surface area contributed by atoms with Crippen LogP contribution in [0.4, 0.5) is 4.39 Å². The van der Waals surface area contributed by atoms with Crippen molar-refractivity contribution in [3.8, 4) is 11.1 Å². The average molecular weight is 391 g/mol. The molecule has 3 rings (SSSR count). The van der Waals surface area contributed by atoms with E-state index in [1.807, 2.05) is 12.1 Å². The number of carbonyl (C=O) groups excluding carboxylic acids is 1. The number of amides is 1. The third kappa shape index (κ3) is 5.06. The summed E-state index contributed by atoms with van der Waals surface area (Å²) in [5.74, 6) is -0.774. The van der Waals surface area contributed by atoms with Gasteiger partial charge in [0.15, 0.2) is 0 Å². The zero-order chi connectivity index (χ0) is 19.2. The molecule has 0 spiro atoms. The molecule has 1 fully saturated rings. The van der Waals surface area contributed by atoms with Gasteiger partial charge in [-0.05, 0) is 61.2 Å². The second-order valence-corrected chi connectivity index (χ2v) is 7.14. The first-order valence-corrected chi connectivity index (χ1v) is 9.62. The first-order valence-electron chi connectivity index (χ1n) is 9.25. The number of rotatable bonds is 6. The molecule has 1 aliphatic rings.